The van der Waals surface area contributed by atoms with Gasteiger partial charge in [0, 0.05) is 43.1 Å². The highest BCUT2D eigenvalue weighted by Gasteiger charge is 2.33. The van der Waals surface area contributed by atoms with E-state index in [1.54, 1.807) is 25.4 Å². The van der Waals surface area contributed by atoms with Crippen LogP contribution in [0.1, 0.15) is 40.4 Å². The van der Waals surface area contributed by atoms with Crippen LogP contribution in [0.15, 0.2) is 53.5 Å². The average Bonchev–Trinajstić information content (AvgIpc) is 2.87. The van der Waals surface area contributed by atoms with Gasteiger partial charge in [-0.05, 0) is 60.4 Å². The number of morpholine rings is 1. The van der Waals surface area contributed by atoms with Crippen molar-refractivity contribution >= 4 is 17.3 Å². The number of alkyl halides is 3. The monoisotopic (exact) mass is 513 g/mol. The predicted molar refractivity (Wildman–Crippen MR) is 138 cm³/mol. The van der Waals surface area contributed by atoms with Crippen molar-refractivity contribution in [3.8, 4) is 11.1 Å². The number of hydrogen-bond acceptors (Lipinski definition) is 4. The molecule has 0 bridgehead atoms. The molecular weight excluding hydrogens is 483 g/mol. The number of halogens is 3. The molecule has 1 amide bonds. The van der Waals surface area contributed by atoms with Crippen molar-refractivity contribution in [3.63, 3.8) is 0 Å². The average molecular weight is 514 g/mol. The van der Waals surface area contributed by atoms with Crippen molar-refractivity contribution in [1.29, 1.82) is 0 Å². The van der Waals surface area contributed by atoms with E-state index in [-0.39, 0.29) is 23.1 Å². The van der Waals surface area contributed by atoms with Gasteiger partial charge in [-0.3, -0.25) is 9.59 Å². The molecule has 2 heterocycles. The van der Waals surface area contributed by atoms with Crippen molar-refractivity contribution < 1.29 is 22.7 Å². The highest BCUT2D eigenvalue weighted by molar-refractivity contribution is 6.04. The van der Waals surface area contributed by atoms with Crippen molar-refractivity contribution in [2.45, 2.75) is 32.9 Å². The molecule has 1 saturated heterocycles. The van der Waals surface area contributed by atoms with Gasteiger partial charge in [0.05, 0.1) is 18.8 Å². The Labute approximate surface area is 213 Å². The van der Waals surface area contributed by atoms with E-state index in [2.05, 4.69) is 5.32 Å². The van der Waals surface area contributed by atoms with Gasteiger partial charge in [-0.15, -0.1) is 0 Å². The second kappa shape index (κ2) is 10.8. The summed E-state index contributed by atoms with van der Waals surface area (Å²) in [6.45, 7) is 6.05. The topological polar surface area (TPSA) is 63.6 Å². The van der Waals surface area contributed by atoms with Gasteiger partial charge in [0.2, 0.25) is 0 Å². The minimum Gasteiger partial charge on any atom is -0.378 e. The summed E-state index contributed by atoms with van der Waals surface area (Å²) in [6, 6.07) is 10.9. The summed E-state index contributed by atoms with van der Waals surface area (Å²) in [5, 5.41) is 2.73. The third kappa shape index (κ3) is 5.88. The van der Waals surface area contributed by atoms with Gasteiger partial charge in [-0.25, -0.2) is 0 Å². The Hall–Kier alpha value is -3.59. The van der Waals surface area contributed by atoms with Crippen molar-refractivity contribution in [3.05, 3.63) is 81.3 Å². The number of hydrogen-bond donors (Lipinski definition) is 1. The molecule has 4 rings (SSSR count). The molecule has 2 aromatic carbocycles. The zero-order valence-corrected chi connectivity index (χ0v) is 21.1. The lowest BCUT2D eigenvalue weighted by Gasteiger charge is -2.29. The number of amides is 1. The Morgan fingerprint density at radius 2 is 1.81 bits per heavy atom. The smallest absolute Gasteiger partial charge is 0.378 e. The maximum atomic E-state index is 13.6. The van der Waals surface area contributed by atoms with E-state index >= 15 is 0 Å². The summed E-state index contributed by atoms with van der Waals surface area (Å²) in [4.78, 5) is 27.7. The van der Waals surface area contributed by atoms with E-state index in [4.69, 9.17) is 4.74 Å². The number of aromatic nitrogens is 1. The number of anilines is 2. The minimum atomic E-state index is -4.54. The molecule has 0 saturated carbocycles. The normalized spacial score (nSPS) is 14.1. The lowest BCUT2D eigenvalue weighted by atomic mass is 9.99. The predicted octanol–water partition coefficient (Wildman–Crippen LogP) is 5.42. The lowest BCUT2D eigenvalue weighted by Crippen LogP contribution is -2.40. The van der Waals surface area contributed by atoms with Gasteiger partial charge >= 0.3 is 6.18 Å². The molecule has 0 radical (unpaired) electrons. The minimum absolute atomic E-state index is 0.0639. The highest BCUT2D eigenvalue weighted by atomic mass is 19.4. The van der Waals surface area contributed by atoms with Gasteiger partial charge in [0.15, 0.2) is 0 Å². The number of pyridine rings is 1. The molecule has 196 valence electrons. The van der Waals surface area contributed by atoms with Crippen LogP contribution in [0.3, 0.4) is 0 Å². The van der Waals surface area contributed by atoms with Crippen LogP contribution in [0.5, 0.6) is 0 Å². The number of carbonyl (C=O) groups is 1. The van der Waals surface area contributed by atoms with Crippen LogP contribution in [0, 0.1) is 6.92 Å². The Kier molecular flexibility index (Phi) is 7.73. The number of aryl methyl sites for hydroxylation is 3. The summed E-state index contributed by atoms with van der Waals surface area (Å²) >= 11 is 0. The molecule has 1 fully saturated rings. The third-order valence-corrected chi connectivity index (χ3v) is 6.52. The lowest BCUT2D eigenvalue weighted by molar-refractivity contribution is -0.138. The van der Waals surface area contributed by atoms with Crippen LogP contribution in [0.2, 0.25) is 0 Å². The van der Waals surface area contributed by atoms with Gasteiger partial charge < -0.3 is 19.5 Å². The van der Waals surface area contributed by atoms with Gasteiger partial charge in [-0.1, -0.05) is 25.5 Å². The van der Waals surface area contributed by atoms with Crippen molar-refractivity contribution in [2.75, 3.05) is 36.5 Å². The zero-order chi connectivity index (χ0) is 26.7. The summed E-state index contributed by atoms with van der Waals surface area (Å²) in [6.07, 6.45) is -1.95. The summed E-state index contributed by atoms with van der Waals surface area (Å²) in [5.74, 6) is -0.627. The van der Waals surface area contributed by atoms with E-state index in [1.165, 1.54) is 16.7 Å². The SMILES string of the molecule is CCCc1ccc(C(=O)Nc2ccc(C)c(-c3cc(N4CCOCC4)c(=O)n(C)c3)c2)cc1C(F)(F)F. The Morgan fingerprint density at radius 3 is 2.49 bits per heavy atom. The fourth-order valence-electron chi connectivity index (χ4n) is 4.56. The van der Waals surface area contributed by atoms with Gasteiger partial charge in [-0.2, -0.15) is 13.2 Å². The molecule has 0 aliphatic carbocycles. The molecular formula is C28H30F3N3O3. The number of nitrogens with zero attached hydrogens (tertiary/aromatic N) is 2. The molecule has 37 heavy (non-hydrogen) atoms. The van der Waals surface area contributed by atoms with E-state index in [1.807, 2.05) is 30.9 Å². The molecule has 9 heteroatoms. The molecule has 1 aromatic heterocycles. The quantitative estimate of drug-likeness (QED) is 0.478. The molecule has 6 nitrogen and oxygen atoms in total. The van der Waals surface area contributed by atoms with Gasteiger partial charge in [0.1, 0.15) is 5.69 Å². The van der Waals surface area contributed by atoms with Crippen molar-refractivity contribution in [2.24, 2.45) is 7.05 Å². The molecule has 1 aliphatic heterocycles. The molecule has 0 atom stereocenters. The summed E-state index contributed by atoms with van der Waals surface area (Å²) in [5.41, 5.74) is 2.75. The first-order valence-corrected chi connectivity index (χ1v) is 12.2. The van der Waals surface area contributed by atoms with E-state index in [0.29, 0.717) is 44.1 Å². The largest absolute Gasteiger partial charge is 0.416 e. The second-order valence-corrected chi connectivity index (χ2v) is 9.23. The van der Waals surface area contributed by atoms with Gasteiger partial charge in [0.25, 0.3) is 11.5 Å². The first-order valence-electron chi connectivity index (χ1n) is 12.2. The number of benzene rings is 2. The Morgan fingerprint density at radius 1 is 1.08 bits per heavy atom. The highest BCUT2D eigenvalue weighted by Crippen LogP contribution is 2.34. The Bertz CT molecular complexity index is 1360. The summed E-state index contributed by atoms with van der Waals surface area (Å²) < 4.78 is 47.7. The standard InChI is InChI=1S/C28H30F3N3O3/c1-4-5-19-7-8-20(14-24(19)28(29,30)31)26(35)32-22-9-6-18(2)23(16-22)21-15-25(27(36)33(3)17-21)34-10-12-37-13-11-34/h6-9,14-17H,4-5,10-13H2,1-3H3,(H,32,35). The zero-order valence-electron chi connectivity index (χ0n) is 21.1. The first-order chi connectivity index (χ1) is 17.6. The number of ether oxygens (including phenoxy) is 1. The van der Waals surface area contributed by atoms with E-state index < -0.39 is 17.6 Å². The van der Waals surface area contributed by atoms with Crippen LogP contribution in [0.4, 0.5) is 24.5 Å². The first kappa shape index (κ1) is 26.5. The second-order valence-electron chi connectivity index (χ2n) is 9.23. The van der Waals surface area contributed by atoms with Crippen LogP contribution in [-0.2, 0) is 24.4 Å². The molecule has 3 aromatic rings. The fourth-order valence-corrected chi connectivity index (χ4v) is 4.56. The van der Waals surface area contributed by atoms with Crippen LogP contribution in [0.25, 0.3) is 11.1 Å². The maximum absolute atomic E-state index is 13.6. The van der Waals surface area contributed by atoms with Crippen LogP contribution >= 0.6 is 0 Å². The van der Waals surface area contributed by atoms with E-state index in [0.717, 1.165) is 22.8 Å². The third-order valence-electron chi connectivity index (χ3n) is 6.52. The molecule has 1 N–H and O–H groups in total. The van der Waals surface area contributed by atoms with Crippen LogP contribution in [-0.4, -0.2) is 36.8 Å². The van der Waals surface area contributed by atoms with E-state index in [9.17, 15) is 22.8 Å². The molecule has 0 unspecified atom stereocenters. The molecule has 0 spiro atoms. The maximum Gasteiger partial charge on any atom is 0.416 e. The molecule has 1 aliphatic rings. The summed E-state index contributed by atoms with van der Waals surface area (Å²) in [7, 11) is 1.69. The number of carbonyl (C=O) groups excluding carboxylic acids is 1. The fraction of sp³-hybridized carbons (Fsp3) is 0.357. The number of nitrogens with one attached hydrogen (secondary N) is 1. The Balaban J connectivity index is 1.65. The van der Waals surface area contributed by atoms with Crippen LogP contribution < -0.4 is 15.8 Å². The van der Waals surface area contributed by atoms with Crippen molar-refractivity contribution in [1.82, 2.24) is 4.57 Å². The number of rotatable bonds is 6.